The SMILES string of the molecule is CCCCCCCCCCCCCCCCCCC/C=C/C(O)C(CO)NC(=O)CCCCCCC/C=C\CCCCOC(=O)CCCCCCCCCCCCCCCC. The zero-order chi connectivity index (χ0) is 44.4. The summed E-state index contributed by atoms with van der Waals surface area (Å²) in [6.45, 7) is 4.84. The second-order valence-corrected chi connectivity index (χ2v) is 18.6. The molecule has 6 heteroatoms. The minimum atomic E-state index is -0.862. The maximum absolute atomic E-state index is 12.4. The van der Waals surface area contributed by atoms with Gasteiger partial charge in [0.05, 0.1) is 25.4 Å². The van der Waals surface area contributed by atoms with Crippen LogP contribution in [0, 0.1) is 0 Å². The number of hydrogen-bond donors (Lipinski definition) is 3. The number of nitrogens with one attached hydrogen (secondary N) is 1. The van der Waals surface area contributed by atoms with E-state index in [1.807, 2.05) is 6.08 Å². The van der Waals surface area contributed by atoms with Gasteiger partial charge in [-0.2, -0.15) is 0 Å². The maximum Gasteiger partial charge on any atom is 0.305 e. The number of amides is 1. The summed E-state index contributed by atoms with van der Waals surface area (Å²) in [5.74, 6) is -0.126. The van der Waals surface area contributed by atoms with Gasteiger partial charge in [0.2, 0.25) is 5.91 Å². The molecule has 0 aliphatic carbocycles. The van der Waals surface area contributed by atoms with Crippen molar-refractivity contribution in [1.29, 1.82) is 0 Å². The Kier molecular flexibility index (Phi) is 49.6. The molecule has 0 saturated heterocycles. The number of carbonyl (C=O) groups excluding carboxylic acids is 2. The number of hydrogen-bond acceptors (Lipinski definition) is 5. The van der Waals surface area contributed by atoms with E-state index in [9.17, 15) is 19.8 Å². The van der Waals surface area contributed by atoms with Crippen LogP contribution >= 0.6 is 0 Å². The maximum atomic E-state index is 12.4. The molecule has 0 radical (unpaired) electrons. The second-order valence-electron chi connectivity index (χ2n) is 18.6. The summed E-state index contributed by atoms with van der Waals surface area (Å²) in [7, 11) is 0. The van der Waals surface area contributed by atoms with Gasteiger partial charge in [-0.1, -0.05) is 244 Å². The summed E-state index contributed by atoms with van der Waals surface area (Å²) >= 11 is 0. The molecule has 0 saturated carbocycles. The topological polar surface area (TPSA) is 95.9 Å². The van der Waals surface area contributed by atoms with Crippen molar-refractivity contribution in [2.45, 2.75) is 302 Å². The lowest BCUT2D eigenvalue weighted by Gasteiger charge is -2.20. The number of esters is 1. The highest BCUT2D eigenvalue weighted by Gasteiger charge is 2.18. The Labute approximate surface area is 380 Å². The molecule has 6 nitrogen and oxygen atoms in total. The summed E-state index contributed by atoms with van der Waals surface area (Å²) in [6.07, 6.45) is 60.4. The molecule has 0 fully saturated rings. The minimum Gasteiger partial charge on any atom is -0.466 e. The first-order chi connectivity index (χ1) is 30.0. The monoisotopic (exact) mass is 860 g/mol. The van der Waals surface area contributed by atoms with Crippen molar-refractivity contribution in [2.24, 2.45) is 0 Å². The van der Waals surface area contributed by atoms with Crippen LogP contribution in [-0.4, -0.2) is 47.4 Å². The number of aliphatic hydroxyl groups excluding tert-OH is 2. The molecule has 3 N–H and O–H groups in total. The Morgan fingerprint density at radius 3 is 1.16 bits per heavy atom. The van der Waals surface area contributed by atoms with Crippen molar-refractivity contribution < 1.29 is 24.5 Å². The number of allylic oxidation sites excluding steroid dienone is 3. The Balaban J connectivity index is 3.54. The molecule has 0 spiro atoms. The summed E-state index contributed by atoms with van der Waals surface area (Å²) in [6, 6.07) is -0.648. The second kappa shape index (κ2) is 51.0. The van der Waals surface area contributed by atoms with Gasteiger partial charge in [0, 0.05) is 12.8 Å². The quantitative estimate of drug-likeness (QED) is 0.0322. The first kappa shape index (κ1) is 59.3. The first-order valence-electron chi connectivity index (χ1n) is 27.1. The van der Waals surface area contributed by atoms with Crippen LogP contribution in [0.5, 0.6) is 0 Å². The number of ether oxygens (including phenoxy) is 1. The number of carbonyl (C=O) groups is 2. The molecule has 2 atom stereocenters. The molecule has 0 aliphatic rings. The van der Waals surface area contributed by atoms with Crippen LogP contribution in [0.1, 0.15) is 290 Å². The fraction of sp³-hybridized carbons (Fsp3) is 0.891. The highest BCUT2D eigenvalue weighted by molar-refractivity contribution is 5.76. The highest BCUT2D eigenvalue weighted by Crippen LogP contribution is 2.16. The zero-order valence-electron chi connectivity index (χ0n) is 40.9. The minimum absolute atomic E-state index is 0.0306. The predicted octanol–water partition coefficient (Wildman–Crippen LogP) is 16.3. The Bertz CT molecular complexity index is 951. The van der Waals surface area contributed by atoms with Gasteiger partial charge >= 0.3 is 5.97 Å². The summed E-state index contributed by atoms with van der Waals surface area (Å²) in [5.41, 5.74) is 0. The van der Waals surface area contributed by atoms with Crippen molar-refractivity contribution in [1.82, 2.24) is 5.32 Å². The first-order valence-corrected chi connectivity index (χ1v) is 27.1. The van der Waals surface area contributed by atoms with Crippen LogP contribution in [0.3, 0.4) is 0 Å². The lowest BCUT2D eigenvalue weighted by molar-refractivity contribution is -0.143. The number of aliphatic hydroxyl groups is 2. The van der Waals surface area contributed by atoms with E-state index in [4.69, 9.17) is 4.74 Å². The van der Waals surface area contributed by atoms with Gasteiger partial charge in [0.1, 0.15) is 0 Å². The van der Waals surface area contributed by atoms with Crippen molar-refractivity contribution in [2.75, 3.05) is 13.2 Å². The van der Waals surface area contributed by atoms with E-state index in [-0.39, 0.29) is 18.5 Å². The molecular weight excluding hydrogens is 755 g/mol. The molecular formula is C55H105NO5. The molecule has 0 aromatic heterocycles. The standard InChI is InChI=1S/C55H105NO5/c1-3-5-7-9-11-13-15-17-19-20-21-22-23-24-27-31-35-39-43-47-53(58)52(51-57)56-54(59)48-44-40-36-32-28-26-30-34-38-42-46-50-61-55(60)49-45-41-37-33-29-25-18-16-14-12-10-8-6-4-2/h30,34,43,47,52-53,57-58H,3-29,31-33,35-42,44-46,48-51H2,1-2H3,(H,56,59)/b34-30-,47-43+. The van der Waals surface area contributed by atoms with Gasteiger partial charge < -0.3 is 20.3 Å². The third kappa shape index (κ3) is 47.7. The third-order valence-electron chi connectivity index (χ3n) is 12.5. The van der Waals surface area contributed by atoms with Gasteiger partial charge in [0.25, 0.3) is 0 Å². The van der Waals surface area contributed by atoms with Crippen LogP contribution < -0.4 is 5.32 Å². The fourth-order valence-corrected chi connectivity index (χ4v) is 8.27. The molecule has 0 bridgehead atoms. The molecule has 0 heterocycles. The van der Waals surface area contributed by atoms with E-state index < -0.39 is 12.1 Å². The fourth-order valence-electron chi connectivity index (χ4n) is 8.27. The molecule has 2 unspecified atom stereocenters. The van der Waals surface area contributed by atoms with Gasteiger partial charge in [-0.15, -0.1) is 0 Å². The zero-order valence-corrected chi connectivity index (χ0v) is 40.9. The smallest absolute Gasteiger partial charge is 0.305 e. The van der Waals surface area contributed by atoms with Crippen molar-refractivity contribution in [3.63, 3.8) is 0 Å². The van der Waals surface area contributed by atoms with E-state index in [1.165, 1.54) is 180 Å². The van der Waals surface area contributed by atoms with Gasteiger partial charge in [-0.05, 0) is 57.8 Å². The van der Waals surface area contributed by atoms with Crippen LogP contribution in [0.4, 0.5) is 0 Å². The lowest BCUT2D eigenvalue weighted by Crippen LogP contribution is -2.45. The Morgan fingerprint density at radius 1 is 0.443 bits per heavy atom. The Hall–Kier alpha value is -1.66. The normalized spacial score (nSPS) is 12.8. The van der Waals surface area contributed by atoms with Crippen LogP contribution in [0.2, 0.25) is 0 Å². The van der Waals surface area contributed by atoms with Crippen LogP contribution in [-0.2, 0) is 14.3 Å². The molecule has 0 aromatic rings. The molecule has 1 amide bonds. The molecule has 61 heavy (non-hydrogen) atoms. The van der Waals surface area contributed by atoms with E-state index in [0.29, 0.717) is 19.4 Å². The highest BCUT2D eigenvalue weighted by atomic mass is 16.5. The molecule has 0 rings (SSSR count). The Morgan fingerprint density at radius 2 is 0.770 bits per heavy atom. The largest absolute Gasteiger partial charge is 0.466 e. The summed E-state index contributed by atoms with van der Waals surface area (Å²) in [5, 5.41) is 23.1. The van der Waals surface area contributed by atoms with E-state index in [2.05, 4.69) is 31.3 Å². The summed E-state index contributed by atoms with van der Waals surface area (Å²) in [4.78, 5) is 24.5. The number of rotatable bonds is 50. The van der Waals surface area contributed by atoms with Crippen molar-refractivity contribution in [3.05, 3.63) is 24.3 Å². The molecule has 0 aliphatic heterocycles. The lowest BCUT2D eigenvalue weighted by atomic mass is 10.0. The average Bonchev–Trinajstić information content (AvgIpc) is 3.26. The third-order valence-corrected chi connectivity index (χ3v) is 12.5. The molecule has 360 valence electrons. The van der Waals surface area contributed by atoms with Crippen molar-refractivity contribution >= 4 is 11.9 Å². The van der Waals surface area contributed by atoms with E-state index in [1.54, 1.807) is 6.08 Å². The predicted molar refractivity (Wildman–Crippen MR) is 264 cm³/mol. The van der Waals surface area contributed by atoms with Gasteiger partial charge in [-0.25, -0.2) is 0 Å². The van der Waals surface area contributed by atoms with Gasteiger partial charge in [0.15, 0.2) is 0 Å². The van der Waals surface area contributed by atoms with E-state index in [0.717, 1.165) is 83.5 Å². The van der Waals surface area contributed by atoms with E-state index >= 15 is 0 Å². The van der Waals surface area contributed by atoms with Crippen LogP contribution in [0.15, 0.2) is 24.3 Å². The molecule has 0 aromatic carbocycles. The summed E-state index contributed by atoms with van der Waals surface area (Å²) < 4.78 is 5.44. The van der Waals surface area contributed by atoms with Crippen molar-refractivity contribution in [3.8, 4) is 0 Å². The number of unbranched alkanes of at least 4 members (excludes halogenated alkanes) is 37. The van der Waals surface area contributed by atoms with Gasteiger partial charge in [-0.3, -0.25) is 9.59 Å². The average molecular weight is 860 g/mol. The van der Waals surface area contributed by atoms with Crippen LogP contribution in [0.25, 0.3) is 0 Å².